The Balaban J connectivity index is 1.43. The molecule has 38 heavy (non-hydrogen) atoms. The van der Waals surface area contributed by atoms with Gasteiger partial charge < -0.3 is 24.8 Å². The SMILES string of the molecule is COC(=O)c1c(NC(=O)C(C)Sc2cccc(NC(=O)c3ccc(OC)c(OC)c3)c2)sc2c1CCCC2. The molecule has 2 amide bonds. The van der Waals surface area contributed by atoms with E-state index < -0.39 is 11.2 Å². The number of aryl methyl sites for hydroxylation is 1. The fraction of sp³-hybridized carbons (Fsp3) is 0.321. The zero-order valence-electron chi connectivity index (χ0n) is 21.7. The van der Waals surface area contributed by atoms with Gasteiger partial charge in [0.05, 0.1) is 32.1 Å². The van der Waals surface area contributed by atoms with Crippen LogP contribution in [0, 0.1) is 0 Å². The van der Waals surface area contributed by atoms with E-state index >= 15 is 0 Å². The Morgan fingerprint density at radius 2 is 1.71 bits per heavy atom. The minimum Gasteiger partial charge on any atom is -0.493 e. The van der Waals surface area contributed by atoms with Crippen LogP contribution in [0.2, 0.25) is 0 Å². The van der Waals surface area contributed by atoms with Gasteiger partial charge in [-0.25, -0.2) is 4.79 Å². The molecule has 8 nitrogen and oxygen atoms in total. The first kappa shape index (κ1) is 27.5. The predicted molar refractivity (Wildman–Crippen MR) is 150 cm³/mol. The number of carbonyl (C=O) groups excluding carboxylic acids is 3. The summed E-state index contributed by atoms with van der Waals surface area (Å²) in [6, 6.07) is 12.3. The Morgan fingerprint density at radius 1 is 0.947 bits per heavy atom. The van der Waals surface area contributed by atoms with Crippen LogP contribution in [0.4, 0.5) is 10.7 Å². The summed E-state index contributed by atoms with van der Waals surface area (Å²) < 4.78 is 15.5. The Kier molecular flexibility index (Phi) is 8.96. The van der Waals surface area contributed by atoms with Gasteiger partial charge in [0.25, 0.3) is 5.91 Å². The lowest BCUT2D eigenvalue weighted by atomic mass is 9.95. The van der Waals surface area contributed by atoms with Crippen molar-refractivity contribution in [1.29, 1.82) is 0 Å². The number of ether oxygens (including phenoxy) is 3. The molecule has 2 aromatic carbocycles. The second kappa shape index (κ2) is 12.4. The molecule has 0 bridgehead atoms. The number of hydrogen-bond acceptors (Lipinski definition) is 8. The first-order chi connectivity index (χ1) is 18.3. The van der Waals surface area contributed by atoms with E-state index in [9.17, 15) is 14.4 Å². The Labute approximate surface area is 230 Å². The van der Waals surface area contributed by atoms with E-state index in [2.05, 4.69) is 10.6 Å². The summed E-state index contributed by atoms with van der Waals surface area (Å²) in [6.07, 6.45) is 3.82. The van der Waals surface area contributed by atoms with Gasteiger partial charge in [0.15, 0.2) is 11.5 Å². The molecule has 1 heterocycles. The van der Waals surface area contributed by atoms with Gasteiger partial charge in [-0.3, -0.25) is 9.59 Å². The summed E-state index contributed by atoms with van der Waals surface area (Å²) in [7, 11) is 4.41. The Hall–Kier alpha value is -3.50. The van der Waals surface area contributed by atoms with E-state index in [1.165, 1.54) is 44.4 Å². The highest BCUT2D eigenvalue weighted by Crippen LogP contribution is 2.39. The Morgan fingerprint density at radius 3 is 2.45 bits per heavy atom. The van der Waals surface area contributed by atoms with Crippen molar-refractivity contribution in [3.63, 3.8) is 0 Å². The van der Waals surface area contributed by atoms with Gasteiger partial charge in [-0.15, -0.1) is 23.1 Å². The lowest BCUT2D eigenvalue weighted by Crippen LogP contribution is -2.23. The number of thiophene rings is 1. The highest BCUT2D eigenvalue weighted by atomic mass is 32.2. The third kappa shape index (κ3) is 6.14. The number of thioether (sulfide) groups is 1. The molecular weight excluding hydrogens is 524 g/mol. The van der Waals surface area contributed by atoms with Crippen molar-refractivity contribution >= 4 is 51.6 Å². The maximum atomic E-state index is 13.1. The molecule has 200 valence electrons. The molecule has 1 aliphatic carbocycles. The fourth-order valence-electron chi connectivity index (χ4n) is 4.27. The molecule has 0 radical (unpaired) electrons. The molecule has 1 atom stereocenters. The van der Waals surface area contributed by atoms with Crippen molar-refractivity contribution in [1.82, 2.24) is 0 Å². The van der Waals surface area contributed by atoms with Crippen LogP contribution >= 0.6 is 23.1 Å². The summed E-state index contributed by atoms with van der Waals surface area (Å²) >= 11 is 2.83. The predicted octanol–water partition coefficient (Wildman–Crippen LogP) is 5.80. The molecule has 0 saturated heterocycles. The molecule has 0 fully saturated rings. The topological polar surface area (TPSA) is 103 Å². The zero-order chi connectivity index (χ0) is 27.2. The van der Waals surface area contributed by atoms with Gasteiger partial charge >= 0.3 is 5.97 Å². The van der Waals surface area contributed by atoms with Crippen molar-refractivity contribution in [2.24, 2.45) is 0 Å². The minimum absolute atomic E-state index is 0.210. The fourth-order valence-corrected chi connectivity index (χ4v) is 6.48. The number of benzene rings is 2. The van der Waals surface area contributed by atoms with Crippen LogP contribution in [-0.2, 0) is 22.4 Å². The van der Waals surface area contributed by atoms with Crippen molar-refractivity contribution in [3.8, 4) is 11.5 Å². The Bertz CT molecular complexity index is 1350. The maximum absolute atomic E-state index is 13.1. The number of fused-ring (bicyclic) bond motifs is 1. The molecule has 2 N–H and O–H groups in total. The molecule has 3 aromatic rings. The van der Waals surface area contributed by atoms with Gasteiger partial charge in [0.1, 0.15) is 5.00 Å². The second-order valence-electron chi connectivity index (χ2n) is 8.71. The van der Waals surface area contributed by atoms with Crippen LogP contribution in [0.3, 0.4) is 0 Å². The van der Waals surface area contributed by atoms with Crippen LogP contribution in [0.15, 0.2) is 47.4 Å². The van der Waals surface area contributed by atoms with E-state index in [1.807, 2.05) is 18.2 Å². The van der Waals surface area contributed by atoms with Crippen LogP contribution in [-0.4, -0.2) is 44.4 Å². The molecule has 0 saturated carbocycles. The summed E-state index contributed by atoms with van der Waals surface area (Å²) in [6.45, 7) is 1.81. The molecular formula is C28H30N2O6S2. The van der Waals surface area contributed by atoms with Crippen LogP contribution in [0.5, 0.6) is 11.5 Å². The van der Waals surface area contributed by atoms with Crippen LogP contribution in [0.25, 0.3) is 0 Å². The van der Waals surface area contributed by atoms with Crippen molar-refractivity contribution in [2.45, 2.75) is 42.8 Å². The second-order valence-corrected chi connectivity index (χ2v) is 11.2. The number of methoxy groups -OCH3 is 3. The number of rotatable bonds is 9. The summed E-state index contributed by atoms with van der Waals surface area (Å²) in [5.74, 6) is 0.0784. The molecule has 10 heteroatoms. The van der Waals surface area contributed by atoms with E-state index in [0.717, 1.165) is 41.0 Å². The normalized spacial score (nSPS) is 13.2. The van der Waals surface area contributed by atoms with Crippen molar-refractivity contribution in [3.05, 3.63) is 64.0 Å². The van der Waals surface area contributed by atoms with Crippen LogP contribution in [0.1, 0.15) is 50.9 Å². The summed E-state index contributed by atoms with van der Waals surface area (Å²) in [4.78, 5) is 40.3. The number of anilines is 2. The number of hydrogen-bond donors (Lipinski definition) is 2. The third-order valence-electron chi connectivity index (χ3n) is 6.22. The number of nitrogens with one attached hydrogen (secondary N) is 2. The standard InChI is InChI=1S/C28H30N2O6S2/c1-16(25(31)30-27-24(28(33)36-4)20-10-5-6-11-23(20)38-27)37-19-9-7-8-18(15-19)29-26(32)17-12-13-21(34-2)22(14-17)35-3/h7-9,12-16H,5-6,10-11H2,1-4H3,(H,29,32)(H,30,31). The van der Waals surface area contributed by atoms with Gasteiger partial charge in [0.2, 0.25) is 5.91 Å². The number of carbonyl (C=O) groups is 3. The largest absolute Gasteiger partial charge is 0.493 e. The van der Waals surface area contributed by atoms with Gasteiger partial charge in [-0.2, -0.15) is 0 Å². The monoisotopic (exact) mass is 554 g/mol. The third-order valence-corrected chi connectivity index (χ3v) is 8.52. The highest BCUT2D eigenvalue weighted by molar-refractivity contribution is 8.00. The maximum Gasteiger partial charge on any atom is 0.341 e. The van der Waals surface area contributed by atoms with Gasteiger partial charge in [-0.05, 0) is 74.6 Å². The first-order valence-electron chi connectivity index (χ1n) is 12.2. The van der Waals surface area contributed by atoms with Crippen LogP contribution < -0.4 is 20.1 Å². The summed E-state index contributed by atoms with van der Waals surface area (Å²) in [5.41, 5.74) is 2.51. The zero-order valence-corrected chi connectivity index (χ0v) is 23.3. The van der Waals surface area contributed by atoms with E-state index in [4.69, 9.17) is 14.2 Å². The molecule has 0 aliphatic heterocycles. The average Bonchev–Trinajstić information content (AvgIpc) is 3.30. The molecule has 0 spiro atoms. The smallest absolute Gasteiger partial charge is 0.341 e. The number of esters is 1. The van der Waals surface area contributed by atoms with E-state index in [-0.39, 0.29) is 11.8 Å². The summed E-state index contributed by atoms with van der Waals surface area (Å²) in [5, 5.41) is 5.95. The quantitative estimate of drug-likeness (QED) is 0.254. The van der Waals surface area contributed by atoms with Crippen molar-refractivity contribution in [2.75, 3.05) is 32.0 Å². The number of amides is 2. The van der Waals surface area contributed by atoms with E-state index in [0.29, 0.717) is 33.3 Å². The highest BCUT2D eigenvalue weighted by Gasteiger charge is 2.28. The average molecular weight is 555 g/mol. The van der Waals surface area contributed by atoms with E-state index in [1.54, 1.807) is 31.2 Å². The molecule has 1 aromatic heterocycles. The molecule has 4 rings (SSSR count). The molecule has 1 unspecified atom stereocenters. The lowest BCUT2D eigenvalue weighted by Gasteiger charge is -2.14. The molecule has 1 aliphatic rings. The van der Waals surface area contributed by atoms with Gasteiger partial charge in [0, 0.05) is 21.0 Å². The lowest BCUT2D eigenvalue weighted by molar-refractivity contribution is -0.115. The van der Waals surface area contributed by atoms with Crippen molar-refractivity contribution < 1.29 is 28.6 Å². The first-order valence-corrected chi connectivity index (χ1v) is 13.9. The van der Waals surface area contributed by atoms with Gasteiger partial charge in [-0.1, -0.05) is 6.07 Å². The minimum atomic E-state index is -0.448.